The van der Waals surface area contributed by atoms with E-state index in [0.29, 0.717) is 19.4 Å². The number of hydrogen-bond donors (Lipinski definition) is 2. The van der Waals surface area contributed by atoms with E-state index in [-0.39, 0.29) is 49.8 Å². The van der Waals surface area contributed by atoms with Crippen LogP contribution in [0.25, 0.3) is 0 Å². The number of carbonyl (C=O) groups excluding carboxylic acids is 3. The molecule has 0 bridgehead atoms. The first-order valence-corrected chi connectivity index (χ1v) is 11.6. The average Bonchev–Trinajstić information content (AvgIpc) is 3.31. The average molecular weight is 457 g/mol. The summed E-state index contributed by atoms with van der Waals surface area (Å²) in [7, 11) is 0. The van der Waals surface area contributed by atoms with Crippen LogP contribution in [-0.2, 0) is 19.1 Å². The molecule has 2 rings (SSSR count). The number of hydrogen-bond acceptors (Lipinski definition) is 5. The van der Waals surface area contributed by atoms with Crippen LogP contribution < -0.4 is 5.32 Å². The highest BCUT2D eigenvalue weighted by Crippen LogP contribution is 2.22. The Morgan fingerprint density at radius 3 is 2.64 bits per heavy atom. The van der Waals surface area contributed by atoms with E-state index >= 15 is 0 Å². The number of nitrogens with zero attached hydrogens (tertiary/aromatic N) is 1. The third-order valence-corrected chi connectivity index (χ3v) is 5.85. The van der Waals surface area contributed by atoms with Gasteiger partial charge in [-0.05, 0) is 37.7 Å². The van der Waals surface area contributed by atoms with Crippen LogP contribution in [-0.4, -0.2) is 53.5 Å². The van der Waals surface area contributed by atoms with Crippen molar-refractivity contribution in [1.29, 1.82) is 0 Å². The fraction of sp³-hybridized carbons (Fsp3) is 0.500. The summed E-state index contributed by atoms with van der Waals surface area (Å²) < 4.78 is 5.65. The lowest BCUT2D eigenvalue weighted by Gasteiger charge is -2.25. The van der Waals surface area contributed by atoms with Crippen molar-refractivity contribution >= 4 is 17.8 Å². The zero-order valence-corrected chi connectivity index (χ0v) is 19.3. The van der Waals surface area contributed by atoms with Gasteiger partial charge in [0.1, 0.15) is 6.10 Å². The third kappa shape index (κ3) is 8.50. The molecule has 7 nitrogen and oxygen atoms in total. The number of benzene rings is 1. The standard InChI is InChI=1S/C26H36N2O5/c1-3-5-7-15-25(31)33-23(20-12-8-6-9-13-20)18-27-26(32)21(11-4-2)17-24(30)28-16-10-14-22(28)19-29/h3-4,6,8-9,12-13,21-23,29H,1-2,5,7,10-11,14-19H2,(H,27,32)/t21-,22+,23+/m1/s1. The molecule has 1 aromatic carbocycles. The van der Waals surface area contributed by atoms with Crippen LogP contribution in [0.4, 0.5) is 0 Å². The zero-order chi connectivity index (χ0) is 24.1. The summed E-state index contributed by atoms with van der Waals surface area (Å²) in [5, 5.41) is 12.3. The van der Waals surface area contributed by atoms with Crippen molar-refractivity contribution in [2.24, 2.45) is 5.92 Å². The molecule has 1 aliphatic rings. The highest BCUT2D eigenvalue weighted by molar-refractivity contribution is 5.86. The molecule has 0 spiro atoms. The first-order valence-electron chi connectivity index (χ1n) is 11.6. The SMILES string of the molecule is C=CCCCC(=O)O[C@@H](CNC(=O)[C@H](CC=C)CC(=O)N1CCC[C@H]1CO)c1ccccc1. The molecular weight excluding hydrogens is 420 g/mol. The van der Waals surface area contributed by atoms with Crippen LogP contribution in [0, 0.1) is 5.92 Å². The van der Waals surface area contributed by atoms with Crippen molar-refractivity contribution in [3.8, 4) is 0 Å². The maximum Gasteiger partial charge on any atom is 0.306 e. The molecule has 7 heteroatoms. The molecule has 0 unspecified atom stereocenters. The molecular formula is C26H36N2O5. The largest absolute Gasteiger partial charge is 0.456 e. The number of unbranched alkanes of at least 4 members (excludes halogenated alkanes) is 1. The van der Waals surface area contributed by atoms with E-state index in [1.165, 1.54) is 0 Å². The highest BCUT2D eigenvalue weighted by atomic mass is 16.5. The van der Waals surface area contributed by atoms with E-state index < -0.39 is 12.0 Å². The predicted octanol–water partition coefficient (Wildman–Crippen LogP) is 3.31. The number of carbonyl (C=O) groups is 3. The third-order valence-electron chi connectivity index (χ3n) is 5.85. The molecule has 180 valence electrons. The first-order chi connectivity index (χ1) is 16.0. The lowest BCUT2D eigenvalue weighted by Crippen LogP contribution is -2.41. The monoisotopic (exact) mass is 456 g/mol. The summed E-state index contributed by atoms with van der Waals surface area (Å²) in [5.74, 6) is -1.33. The van der Waals surface area contributed by atoms with Crippen molar-refractivity contribution in [2.75, 3.05) is 19.7 Å². The Kier molecular flexibility index (Phi) is 11.4. The second-order valence-electron chi connectivity index (χ2n) is 8.31. The van der Waals surface area contributed by atoms with Gasteiger partial charge in [0, 0.05) is 19.4 Å². The molecule has 1 aromatic rings. The molecule has 0 radical (unpaired) electrons. The number of rotatable bonds is 14. The molecule has 2 amide bonds. The second-order valence-corrected chi connectivity index (χ2v) is 8.31. The number of nitrogens with one attached hydrogen (secondary N) is 1. The topological polar surface area (TPSA) is 95.9 Å². The summed E-state index contributed by atoms with van der Waals surface area (Å²) in [6.45, 7) is 8.02. The van der Waals surface area contributed by atoms with Crippen LogP contribution in [0.1, 0.15) is 56.6 Å². The van der Waals surface area contributed by atoms with Crippen LogP contribution in [0.3, 0.4) is 0 Å². The van der Waals surface area contributed by atoms with Gasteiger partial charge in [-0.3, -0.25) is 14.4 Å². The summed E-state index contributed by atoms with van der Waals surface area (Å²) in [6, 6.07) is 9.09. The smallest absolute Gasteiger partial charge is 0.306 e. The van der Waals surface area contributed by atoms with Gasteiger partial charge >= 0.3 is 5.97 Å². The molecule has 1 saturated heterocycles. The van der Waals surface area contributed by atoms with E-state index in [1.54, 1.807) is 17.1 Å². The summed E-state index contributed by atoms with van der Waals surface area (Å²) in [4.78, 5) is 39.6. The first kappa shape index (κ1) is 26.3. The number of aliphatic hydroxyl groups excluding tert-OH is 1. The molecule has 0 saturated carbocycles. The number of amides is 2. The van der Waals surface area contributed by atoms with Crippen LogP contribution in [0.15, 0.2) is 55.6 Å². The molecule has 1 fully saturated rings. The van der Waals surface area contributed by atoms with Crippen molar-refractivity contribution < 1.29 is 24.2 Å². The molecule has 0 aromatic heterocycles. The van der Waals surface area contributed by atoms with Gasteiger partial charge < -0.3 is 20.1 Å². The van der Waals surface area contributed by atoms with Gasteiger partial charge in [-0.2, -0.15) is 0 Å². The van der Waals surface area contributed by atoms with Crippen molar-refractivity contribution in [2.45, 2.75) is 57.1 Å². The lowest BCUT2D eigenvalue weighted by atomic mass is 9.99. The van der Waals surface area contributed by atoms with Crippen LogP contribution in [0.5, 0.6) is 0 Å². The molecule has 2 N–H and O–H groups in total. The Labute approximate surface area is 196 Å². The van der Waals surface area contributed by atoms with E-state index in [2.05, 4.69) is 18.5 Å². The Bertz CT molecular complexity index is 795. The number of likely N-dealkylation sites (tertiary alicyclic amines) is 1. The molecule has 1 aliphatic heterocycles. The second kappa shape index (κ2) is 14.3. The number of esters is 1. The van der Waals surface area contributed by atoms with Gasteiger partial charge in [0.05, 0.1) is 25.1 Å². The Morgan fingerprint density at radius 1 is 1.21 bits per heavy atom. The molecule has 33 heavy (non-hydrogen) atoms. The van der Waals surface area contributed by atoms with E-state index in [0.717, 1.165) is 24.8 Å². The minimum Gasteiger partial charge on any atom is -0.456 e. The summed E-state index contributed by atoms with van der Waals surface area (Å²) in [6.07, 6.45) is 6.45. The molecule has 1 heterocycles. The predicted molar refractivity (Wildman–Crippen MR) is 127 cm³/mol. The van der Waals surface area contributed by atoms with Gasteiger partial charge in [-0.1, -0.05) is 42.5 Å². The van der Waals surface area contributed by atoms with Crippen molar-refractivity contribution in [3.63, 3.8) is 0 Å². The maximum atomic E-state index is 12.9. The number of aliphatic hydroxyl groups is 1. The quantitative estimate of drug-likeness (QED) is 0.254. The highest BCUT2D eigenvalue weighted by Gasteiger charge is 2.31. The normalized spacial score (nSPS) is 17.1. The molecule has 0 aliphatic carbocycles. The van der Waals surface area contributed by atoms with E-state index in [1.807, 2.05) is 30.3 Å². The Balaban J connectivity index is 1.99. The van der Waals surface area contributed by atoms with Crippen molar-refractivity contribution in [3.05, 3.63) is 61.2 Å². The van der Waals surface area contributed by atoms with Gasteiger partial charge in [0.2, 0.25) is 11.8 Å². The van der Waals surface area contributed by atoms with Gasteiger partial charge in [0.15, 0.2) is 0 Å². The minimum atomic E-state index is -0.621. The van der Waals surface area contributed by atoms with Gasteiger partial charge in [-0.25, -0.2) is 0 Å². The van der Waals surface area contributed by atoms with Gasteiger partial charge in [0.25, 0.3) is 0 Å². The fourth-order valence-corrected chi connectivity index (χ4v) is 4.01. The van der Waals surface area contributed by atoms with Crippen LogP contribution in [0.2, 0.25) is 0 Å². The van der Waals surface area contributed by atoms with E-state index in [4.69, 9.17) is 4.74 Å². The van der Waals surface area contributed by atoms with E-state index in [9.17, 15) is 19.5 Å². The lowest BCUT2D eigenvalue weighted by molar-refractivity contribution is -0.150. The fourth-order valence-electron chi connectivity index (χ4n) is 4.01. The maximum absolute atomic E-state index is 12.9. The molecule has 3 atom stereocenters. The Hall–Kier alpha value is -2.93. The number of ether oxygens (including phenoxy) is 1. The van der Waals surface area contributed by atoms with Crippen molar-refractivity contribution in [1.82, 2.24) is 10.2 Å². The summed E-state index contributed by atoms with van der Waals surface area (Å²) in [5.41, 5.74) is 0.786. The zero-order valence-electron chi connectivity index (χ0n) is 19.3. The van der Waals surface area contributed by atoms with Crippen LogP contribution >= 0.6 is 0 Å². The summed E-state index contributed by atoms with van der Waals surface area (Å²) >= 11 is 0. The minimum absolute atomic E-state index is 0.0473. The number of allylic oxidation sites excluding steroid dienone is 2. The van der Waals surface area contributed by atoms with Gasteiger partial charge in [-0.15, -0.1) is 13.2 Å². The Morgan fingerprint density at radius 2 is 1.97 bits per heavy atom.